The Labute approximate surface area is 386 Å². The third-order valence-electron chi connectivity index (χ3n) is 14.7. The summed E-state index contributed by atoms with van der Waals surface area (Å²) in [7, 11) is 0. The van der Waals surface area contributed by atoms with Crippen LogP contribution >= 0.6 is 0 Å². The molecule has 2 aliphatic carbocycles. The number of para-hydroxylation sites is 2. The maximum absolute atomic E-state index is 6.98. The summed E-state index contributed by atoms with van der Waals surface area (Å²) in [6.45, 7) is 16.6. The Morgan fingerprint density at radius 2 is 1.22 bits per heavy atom. The van der Waals surface area contributed by atoms with Crippen molar-refractivity contribution in [2.75, 3.05) is 13.1 Å². The minimum absolute atomic E-state index is 0.00854. The minimum atomic E-state index is -0.0728. The number of nitrogens with zero attached hydrogens (tertiary/aromatic N) is 2. The van der Waals surface area contributed by atoms with E-state index < -0.39 is 0 Å². The molecule has 6 rings (SSSR count). The van der Waals surface area contributed by atoms with Crippen LogP contribution in [0.1, 0.15) is 208 Å². The van der Waals surface area contributed by atoms with Crippen LogP contribution in [-0.4, -0.2) is 28.3 Å². The van der Waals surface area contributed by atoms with E-state index in [1.54, 1.807) is 5.57 Å². The standard InChI is InChI=1S/C60H87N2O/c1-7-9-11-13-15-17-19-21-23-32-47-61-54-41-30-28-39-52(54)59(3,4)56(61)45-43-49-35-34-36-50(58(49)63-51-37-26-25-27-38-51)44-46-57-60(5,6)53-40-29-31-42-55(53)62(57)48-33-24-22-20-18-16-14-12-10-8-2/h25-28,30-31,37-39,41-46H,7-24,29,32-36,40,47-48H2,1-6H3/q+1. The second-order valence-electron chi connectivity index (χ2n) is 20.3. The van der Waals surface area contributed by atoms with E-state index in [1.165, 1.54) is 168 Å². The van der Waals surface area contributed by atoms with Crippen LogP contribution in [0.4, 0.5) is 5.69 Å². The molecule has 2 aromatic carbocycles. The number of benzene rings is 2. The molecule has 2 aromatic rings. The van der Waals surface area contributed by atoms with Gasteiger partial charge in [0.15, 0.2) is 5.71 Å². The molecule has 342 valence electrons. The van der Waals surface area contributed by atoms with E-state index in [9.17, 15) is 0 Å². The molecule has 0 fully saturated rings. The molecule has 0 amide bonds. The molecular formula is C60H87N2O+. The van der Waals surface area contributed by atoms with Crippen LogP contribution in [0, 0.1) is 5.41 Å². The van der Waals surface area contributed by atoms with E-state index in [-0.39, 0.29) is 10.8 Å². The van der Waals surface area contributed by atoms with Gasteiger partial charge in [-0.05, 0) is 106 Å². The lowest BCUT2D eigenvalue weighted by molar-refractivity contribution is -0.438. The topological polar surface area (TPSA) is 15.5 Å². The first-order valence-corrected chi connectivity index (χ1v) is 26.2. The van der Waals surface area contributed by atoms with Gasteiger partial charge in [-0.2, -0.15) is 4.58 Å². The summed E-state index contributed by atoms with van der Waals surface area (Å²) in [5.41, 5.74) is 11.3. The van der Waals surface area contributed by atoms with Crippen LogP contribution in [0.15, 0.2) is 125 Å². The van der Waals surface area contributed by atoms with E-state index in [0.717, 1.165) is 56.7 Å². The molecule has 0 saturated carbocycles. The van der Waals surface area contributed by atoms with Gasteiger partial charge in [0.1, 0.15) is 18.1 Å². The predicted octanol–water partition coefficient (Wildman–Crippen LogP) is 17.7. The first kappa shape index (κ1) is 48.6. The smallest absolute Gasteiger partial charge is 0.209 e. The Balaban J connectivity index is 1.23. The van der Waals surface area contributed by atoms with Crippen molar-refractivity contribution in [2.45, 2.75) is 207 Å². The van der Waals surface area contributed by atoms with Crippen molar-refractivity contribution in [2.24, 2.45) is 5.41 Å². The third kappa shape index (κ3) is 13.1. The summed E-state index contributed by atoms with van der Waals surface area (Å²) in [4.78, 5) is 2.69. The zero-order chi connectivity index (χ0) is 44.3. The molecule has 0 radical (unpaired) electrons. The summed E-state index contributed by atoms with van der Waals surface area (Å²) >= 11 is 0. The van der Waals surface area contributed by atoms with Crippen molar-refractivity contribution < 1.29 is 9.31 Å². The first-order valence-electron chi connectivity index (χ1n) is 26.2. The Morgan fingerprint density at radius 1 is 0.619 bits per heavy atom. The van der Waals surface area contributed by atoms with Gasteiger partial charge in [-0.3, -0.25) is 0 Å². The molecule has 0 aromatic heterocycles. The van der Waals surface area contributed by atoms with Gasteiger partial charge in [-0.25, -0.2) is 0 Å². The Kier molecular flexibility index (Phi) is 19.3. The van der Waals surface area contributed by atoms with Gasteiger partial charge in [0.05, 0.1) is 5.41 Å². The summed E-state index contributed by atoms with van der Waals surface area (Å²) in [6.07, 6.45) is 47.4. The van der Waals surface area contributed by atoms with Gasteiger partial charge in [-0.15, -0.1) is 0 Å². The molecular weight excluding hydrogens is 765 g/mol. The molecule has 4 aliphatic rings. The second-order valence-corrected chi connectivity index (χ2v) is 20.3. The molecule has 0 atom stereocenters. The molecule has 63 heavy (non-hydrogen) atoms. The van der Waals surface area contributed by atoms with E-state index in [1.807, 2.05) is 0 Å². The molecule has 3 nitrogen and oxygen atoms in total. The summed E-state index contributed by atoms with van der Waals surface area (Å²) in [5.74, 6) is 1.96. The van der Waals surface area contributed by atoms with Crippen molar-refractivity contribution in [3.8, 4) is 5.75 Å². The van der Waals surface area contributed by atoms with Crippen LogP contribution < -0.4 is 4.74 Å². The number of allylic oxidation sites excluding steroid dienone is 9. The van der Waals surface area contributed by atoms with Crippen LogP contribution in [0.5, 0.6) is 5.75 Å². The fraction of sp³-hybridized carbons (Fsp3) is 0.583. The van der Waals surface area contributed by atoms with Crippen LogP contribution in [0.25, 0.3) is 0 Å². The van der Waals surface area contributed by atoms with Crippen molar-refractivity contribution in [1.82, 2.24) is 4.90 Å². The monoisotopic (exact) mass is 852 g/mol. The van der Waals surface area contributed by atoms with Gasteiger partial charge in [-0.1, -0.05) is 185 Å². The van der Waals surface area contributed by atoms with Gasteiger partial charge in [0, 0.05) is 47.5 Å². The first-order chi connectivity index (χ1) is 30.8. The molecule has 0 unspecified atom stereocenters. The van der Waals surface area contributed by atoms with Crippen LogP contribution in [0.2, 0.25) is 0 Å². The van der Waals surface area contributed by atoms with Gasteiger partial charge in [0.25, 0.3) is 0 Å². The zero-order valence-electron chi connectivity index (χ0n) is 41.1. The molecule has 2 heterocycles. The zero-order valence-corrected chi connectivity index (χ0v) is 41.1. The summed E-state index contributed by atoms with van der Waals surface area (Å²) in [6, 6.07) is 19.6. The van der Waals surface area contributed by atoms with Gasteiger partial charge >= 0.3 is 0 Å². The molecule has 0 bridgehead atoms. The average Bonchev–Trinajstić information content (AvgIpc) is 3.64. The molecule has 0 saturated heterocycles. The Bertz CT molecular complexity index is 1960. The van der Waals surface area contributed by atoms with Crippen molar-refractivity contribution >= 4 is 11.4 Å². The predicted molar refractivity (Wildman–Crippen MR) is 272 cm³/mol. The van der Waals surface area contributed by atoms with E-state index in [2.05, 4.69) is 142 Å². The number of fused-ring (bicyclic) bond motifs is 1. The van der Waals surface area contributed by atoms with Crippen molar-refractivity contribution in [3.05, 3.63) is 130 Å². The fourth-order valence-corrected chi connectivity index (χ4v) is 10.9. The lowest BCUT2D eigenvalue weighted by atomic mass is 9.79. The maximum Gasteiger partial charge on any atom is 0.209 e. The van der Waals surface area contributed by atoms with Gasteiger partial charge < -0.3 is 9.64 Å². The lowest BCUT2D eigenvalue weighted by Gasteiger charge is -2.29. The van der Waals surface area contributed by atoms with E-state index in [0.29, 0.717) is 0 Å². The third-order valence-corrected chi connectivity index (χ3v) is 14.7. The highest BCUT2D eigenvalue weighted by Gasteiger charge is 2.44. The molecule has 0 N–H and O–H groups in total. The van der Waals surface area contributed by atoms with Crippen LogP contribution in [-0.2, 0) is 5.41 Å². The van der Waals surface area contributed by atoms with E-state index in [4.69, 9.17) is 4.74 Å². The molecule has 3 heteroatoms. The highest BCUT2D eigenvalue weighted by atomic mass is 16.5. The number of ether oxygens (including phenoxy) is 1. The fourth-order valence-electron chi connectivity index (χ4n) is 10.9. The average molecular weight is 852 g/mol. The number of rotatable bonds is 27. The largest absolute Gasteiger partial charge is 0.457 e. The van der Waals surface area contributed by atoms with E-state index >= 15 is 0 Å². The second kappa shape index (κ2) is 25.0. The van der Waals surface area contributed by atoms with Gasteiger partial charge in [0.2, 0.25) is 5.69 Å². The summed E-state index contributed by atoms with van der Waals surface area (Å²) < 4.78 is 9.62. The number of hydrogen-bond donors (Lipinski definition) is 0. The lowest BCUT2D eigenvalue weighted by Crippen LogP contribution is -2.28. The van der Waals surface area contributed by atoms with Crippen LogP contribution in [0.3, 0.4) is 0 Å². The normalized spacial score (nSPS) is 19.4. The van der Waals surface area contributed by atoms with Crippen molar-refractivity contribution in [3.63, 3.8) is 0 Å². The molecule has 0 spiro atoms. The van der Waals surface area contributed by atoms with Crippen molar-refractivity contribution in [1.29, 1.82) is 0 Å². The highest BCUT2D eigenvalue weighted by Crippen LogP contribution is 2.51. The SMILES string of the molecule is CCCCCCCCCCCCN1C(=CC=C2CCCC(C=CC3=[N+](CCCCCCCCCCCC)c4ccccc4C3(C)C)=C2Oc2ccccc2)C(C)(C)C2=C1C=CCC2. The highest BCUT2D eigenvalue weighted by molar-refractivity contribution is 6.03. The number of unbranched alkanes of at least 4 members (excludes halogenated alkanes) is 18. The minimum Gasteiger partial charge on any atom is -0.457 e. The molecule has 2 aliphatic heterocycles. The Hall–Kier alpha value is -3.85. The quantitative estimate of drug-likeness (QED) is 0.0657. The maximum atomic E-state index is 6.98. The number of hydrogen-bond acceptors (Lipinski definition) is 2. The summed E-state index contributed by atoms with van der Waals surface area (Å²) in [5, 5.41) is 0. The Morgan fingerprint density at radius 3 is 1.89 bits per heavy atom.